The second kappa shape index (κ2) is 5.06. The summed E-state index contributed by atoms with van der Waals surface area (Å²) in [5.41, 5.74) is -0.267. The highest BCUT2D eigenvalue weighted by Crippen LogP contribution is 2.31. The molecule has 7 nitrogen and oxygen atoms in total. The number of nitro benzene ring substituents is 1. The lowest BCUT2D eigenvalue weighted by Crippen LogP contribution is -2.07. The Labute approximate surface area is 96.1 Å². The van der Waals surface area contributed by atoms with Gasteiger partial charge in [-0.3, -0.25) is 19.7 Å². The number of nitrogens with zero attached hydrogens (tertiary/aromatic N) is 1. The molecule has 1 aromatic carbocycles. The molecule has 0 radical (unpaired) electrons. The summed E-state index contributed by atoms with van der Waals surface area (Å²) in [6.45, 7) is 2.30. The van der Waals surface area contributed by atoms with Gasteiger partial charge in [-0.25, -0.2) is 0 Å². The van der Waals surface area contributed by atoms with Gasteiger partial charge in [0.25, 0.3) is 5.69 Å². The Balaban J connectivity index is 3.15. The van der Waals surface area contributed by atoms with Gasteiger partial charge < -0.3 is 9.47 Å². The highest BCUT2D eigenvalue weighted by atomic mass is 16.6. The molecule has 17 heavy (non-hydrogen) atoms. The Kier molecular flexibility index (Phi) is 3.76. The largest absolute Gasteiger partial charge is 0.423 e. The Hall–Kier alpha value is -2.44. The van der Waals surface area contributed by atoms with Crippen LogP contribution in [-0.2, 0) is 9.59 Å². The second-order valence-electron chi connectivity index (χ2n) is 3.08. The van der Waals surface area contributed by atoms with Crippen molar-refractivity contribution in [3.63, 3.8) is 0 Å². The molecule has 0 saturated heterocycles. The van der Waals surface area contributed by atoms with Crippen LogP contribution in [0.4, 0.5) is 5.69 Å². The molecule has 0 N–H and O–H groups in total. The highest BCUT2D eigenvalue weighted by molar-refractivity contribution is 5.74. The zero-order chi connectivity index (χ0) is 13.0. The lowest BCUT2D eigenvalue weighted by Gasteiger charge is -2.07. The van der Waals surface area contributed by atoms with Gasteiger partial charge in [-0.1, -0.05) is 0 Å². The average Bonchev–Trinajstić information content (AvgIpc) is 2.18. The molecule has 0 atom stereocenters. The van der Waals surface area contributed by atoms with E-state index in [1.54, 1.807) is 0 Å². The van der Waals surface area contributed by atoms with Crippen LogP contribution in [-0.4, -0.2) is 16.9 Å². The van der Waals surface area contributed by atoms with Gasteiger partial charge in [0.05, 0.1) is 11.0 Å². The molecule has 90 valence electrons. The first-order valence-electron chi connectivity index (χ1n) is 4.55. The number of non-ortho nitro benzene ring substituents is 1. The minimum Gasteiger partial charge on any atom is -0.423 e. The predicted octanol–water partition coefficient (Wildman–Crippen LogP) is 1.45. The summed E-state index contributed by atoms with van der Waals surface area (Å²) in [7, 11) is 0. The molecule has 7 heteroatoms. The van der Waals surface area contributed by atoms with Gasteiger partial charge in [0.2, 0.25) is 0 Å². The van der Waals surface area contributed by atoms with Crippen LogP contribution in [0, 0.1) is 10.1 Å². The zero-order valence-electron chi connectivity index (χ0n) is 9.13. The second-order valence-corrected chi connectivity index (χ2v) is 3.08. The molecular weight excluding hydrogens is 230 g/mol. The third kappa shape index (κ3) is 3.56. The van der Waals surface area contributed by atoms with E-state index in [4.69, 9.17) is 9.47 Å². The van der Waals surface area contributed by atoms with Crippen molar-refractivity contribution in [3.05, 3.63) is 28.3 Å². The van der Waals surface area contributed by atoms with Gasteiger partial charge >= 0.3 is 11.9 Å². The zero-order valence-corrected chi connectivity index (χ0v) is 9.13. The smallest absolute Gasteiger partial charge is 0.308 e. The first-order valence-corrected chi connectivity index (χ1v) is 4.55. The summed E-state index contributed by atoms with van der Waals surface area (Å²) in [5, 5.41) is 10.5. The number of carbonyl (C=O) groups excluding carboxylic acids is 2. The Morgan fingerprint density at radius 3 is 2.12 bits per heavy atom. The fourth-order valence-corrected chi connectivity index (χ4v) is 1.08. The van der Waals surface area contributed by atoms with Crippen LogP contribution < -0.4 is 9.47 Å². The quantitative estimate of drug-likeness (QED) is 0.343. The molecule has 0 spiro atoms. The third-order valence-electron chi connectivity index (χ3n) is 1.65. The van der Waals surface area contributed by atoms with Crippen LogP contribution in [0.25, 0.3) is 0 Å². The molecule has 0 unspecified atom stereocenters. The van der Waals surface area contributed by atoms with Gasteiger partial charge in [0, 0.05) is 19.9 Å². The van der Waals surface area contributed by atoms with Crippen molar-refractivity contribution >= 4 is 17.6 Å². The topological polar surface area (TPSA) is 95.7 Å². The van der Waals surface area contributed by atoms with Gasteiger partial charge in [-0.05, 0) is 6.07 Å². The van der Waals surface area contributed by atoms with E-state index >= 15 is 0 Å². The number of rotatable bonds is 3. The standard InChI is InChI=1S/C10H9NO6/c1-6(12)16-9-4-3-8(11(14)15)5-10(9)17-7(2)13/h3-5H,1-2H3. The van der Waals surface area contributed by atoms with Crippen molar-refractivity contribution < 1.29 is 24.0 Å². The molecular formula is C10H9NO6. The van der Waals surface area contributed by atoms with Gasteiger partial charge in [0.1, 0.15) is 0 Å². The summed E-state index contributed by atoms with van der Waals surface area (Å²) in [6.07, 6.45) is 0. The average molecular weight is 239 g/mol. The summed E-state index contributed by atoms with van der Waals surface area (Å²) in [5.74, 6) is -1.49. The molecule has 0 aliphatic heterocycles. The third-order valence-corrected chi connectivity index (χ3v) is 1.65. The molecule has 1 rings (SSSR count). The SMILES string of the molecule is CC(=O)Oc1ccc([N+](=O)[O-])cc1OC(C)=O. The van der Waals surface area contributed by atoms with Crippen molar-refractivity contribution in [2.24, 2.45) is 0 Å². The van der Waals surface area contributed by atoms with Crippen LogP contribution in [0.1, 0.15) is 13.8 Å². The lowest BCUT2D eigenvalue weighted by atomic mass is 10.3. The Bertz CT molecular complexity index is 482. The fraction of sp³-hybridized carbons (Fsp3) is 0.200. The molecule has 0 saturated carbocycles. The summed E-state index contributed by atoms with van der Waals surface area (Å²) in [4.78, 5) is 31.5. The van der Waals surface area contributed by atoms with Crippen molar-refractivity contribution in [2.75, 3.05) is 0 Å². The highest BCUT2D eigenvalue weighted by Gasteiger charge is 2.15. The molecule has 0 aromatic heterocycles. The molecule has 0 aliphatic carbocycles. The number of nitro groups is 1. The summed E-state index contributed by atoms with van der Waals surface area (Å²) in [6, 6.07) is 3.35. The number of ether oxygens (including phenoxy) is 2. The maximum atomic E-state index is 10.8. The van der Waals surface area contributed by atoms with Crippen LogP contribution >= 0.6 is 0 Å². The van der Waals surface area contributed by atoms with E-state index in [0.717, 1.165) is 19.1 Å². The van der Waals surface area contributed by atoms with E-state index < -0.39 is 16.9 Å². The molecule has 0 fully saturated rings. The van der Waals surface area contributed by atoms with Crippen molar-refractivity contribution in [1.82, 2.24) is 0 Å². The van der Waals surface area contributed by atoms with E-state index in [2.05, 4.69) is 0 Å². The lowest BCUT2D eigenvalue weighted by molar-refractivity contribution is -0.384. The Morgan fingerprint density at radius 2 is 1.65 bits per heavy atom. The monoisotopic (exact) mass is 239 g/mol. The molecule has 1 aromatic rings. The predicted molar refractivity (Wildman–Crippen MR) is 55.7 cm³/mol. The van der Waals surface area contributed by atoms with E-state index in [1.165, 1.54) is 13.0 Å². The molecule has 0 heterocycles. The number of esters is 2. The summed E-state index contributed by atoms with van der Waals surface area (Å²) < 4.78 is 9.46. The van der Waals surface area contributed by atoms with Gasteiger partial charge in [-0.2, -0.15) is 0 Å². The first kappa shape index (κ1) is 12.6. The first-order chi connectivity index (χ1) is 7.90. The maximum Gasteiger partial charge on any atom is 0.308 e. The number of hydrogen-bond acceptors (Lipinski definition) is 6. The van der Waals surface area contributed by atoms with Crippen molar-refractivity contribution in [3.8, 4) is 11.5 Å². The summed E-state index contributed by atoms with van der Waals surface area (Å²) >= 11 is 0. The van der Waals surface area contributed by atoms with Crippen molar-refractivity contribution in [1.29, 1.82) is 0 Å². The van der Waals surface area contributed by atoms with E-state index in [1.807, 2.05) is 0 Å². The van der Waals surface area contributed by atoms with E-state index in [-0.39, 0.29) is 17.2 Å². The van der Waals surface area contributed by atoms with Gasteiger partial charge in [-0.15, -0.1) is 0 Å². The van der Waals surface area contributed by atoms with Crippen molar-refractivity contribution in [2.45, 2.75) is 13.8 Å². The van der Waals surface area contributed by atoms with Crippen LogP contribution in [0.3, 0.4) is 0 Å². The maximum absolute atomic E-state index is 10.8. The molecule has 0 amide bonds. The minimum atomic E-state index is -0.668. The van der Waals surface area contributed by atoms with Crippen LogP contribution in [0.5, 0.6) is 11.5 Å². The van der Waals surface area contributed by atoms with E-state index in [0.29, 0.717) is 0 Å². The Morgan fingerprint density at radius 1 is 1.12 bits per heavy atom. The normalized spacial score (nSPS) is 9.53. The fourth-order valence-electron chi connectivity index (χ4n) is 1.08. The molecule has 0 aliphatic rings. The molecule has 0 bridgehead atoms. The van der Waals surface area contributed by atoms with E-state index in [9.17, 15) is 19.7 Å². The number of carbonyl (C=O) groups is 2. The van der Waals surface area contributed by atoms with Crippen LogP contribution in [0.15, 0.2) is 18.2 Å². The number of benzene rings is 1. The van der Waals surface area contributed by atoms with Gasteiger partial charge in [0.15, 0.2) is 11.5 Å². The van der Waals surface area contributed by atoms with Crippen LogP contribution in [0.2, 0.25) is 0 Å². The number of hydrogen-bond donors (Lipinski definition) is 0. The minimum absolute atomic E-state index is 0.0432.